The molecule has 0 spiro atoms. The first-order valence-corrected chi connectivity index (χ1v) is 10.1. The lowest BCUT2D eigenvalue weighted by Crippen LogP contribution is -2.36. The molecule has 2 aromatic heterocycles. The van der Waals surface area contributed by atoms with Crippen LogP contribution in [0.4, 0.5) is 5.69 Å². The Labute approximate surface area is 160 Å². The van der Waals surface area contributed by atoms with E-state index in [9.17, 15) is 4.79 Å². The highest BCUT2D eigenvalue weighted by atomic mass is 32.2. The van der Waals surface area contributed by atoms with E-state index in [0.717, 1.165) is 16.4 Å². The third-order valence-electron chi connectivity index (χ3n) is 3.72. The third-order valence-corrected chi connectivity index (χ3v) is 5.47. The first-order chi connectivity index (χ1) is 12.6. The average molecular weight is 389 g/mol. The fraction of sp³-hybridized carbons (Fsp3) is 0.333. The number of aryl methyl sites for hydroxylation is 1. The fourth-order valence-corrected chi connectivity index (χ4v) is 3.87. The first-order valence-electron chi connectivity index (χ1n) is 8.33. The Hall–Kier alpha value is -2.19. The van der Waals surface area contributed by atoms with E-state index >= 15 is 0 Å². The van der Waals surface area contributed by atoms with Gasteiger partial charge >= 0.3 is 0 Å². The minimum absolute atomic E-state index is 0.0126. The molecule has 0 bridgehead atoms. The van der Waals surface area contributed by atoms with E-state index in [4.69, 9.17) is 4.42 Å². The highest BCUT2D eigenvalue weighted by Crippen LogP contribution is 2.26. The van der Waals surface area contributed by atoms with Gasteiger partial charge in [-0.2, -0.15) is 0 Å². The van der Waals surface area contributed by atoms with Crippen molar-refractivity contribution in [1.29, 1.82) is 0 Å². The molecule has 0 fully saturated rings. The molecule has 6 nitrogen and oxygen atoms in total. The summed E-state index contributed by atoms with van der Waals surface area (Å²) >= 11 is 2.87. The smallest absolute Gasteiger partial charge is 0.277 e. The minimum Gasteiger partial charge on any atom is -0.416 e. The van der Waals surface area contributed by atoms with Crippen LogP contribution in [0.3, 0.4) is 0 Å². The van der Waals surface area contributed by atoms with Gasteiger partial charge in [0.05, 0.1) is 22.4 Å². The van der Waals surface area contributed by atoms with Crippen molar-refractivity contribution >= 4 is 34.7 Å². The number of rotatable bonds is 7. The van der Waals surface area contributed by atoms with Crippen LogP contribution in [0.25, 0.3) is 0 Å². The second-order valence-corrected chi connectivity index (χ2v) is 8.03. The van der Waals surface area contributed by atoms with Crippen LogP contribution >= 0.6 is 23.1 Å². The second-order valence-electron chi connectivity index (χ2n) is 5.67. The van der Waals surface area contributed by atoms with Crippen LogP contribution in [0.2, 0.25) is 0 Å². The molecule has 8 heteroatoms. The largest absolute Gasteiger partial charge is 0.416 e. The van der Waals surface area contributed by atoms with Crippen LogP contribution < -0.4 is 4.90 Å². The molecule has 1 aromatic carbocycles. The summed E-state index contributed by atoms with van der Waals surface area (Å²) in [4.78, 5) is 18.9. The molecular weight excluding hydrogens is 368 g/mol. The van der Waals surface area contributed by atoms with Crippen LogP contribution in [0.1, 0.15) is 30.4 Å². The van der Waals surface area contributed by atoms with Crippen LogP contribution in [0.5, 0.6) is 0 Å². The van der Waals surface area contributed by atoms with Crippen molar-refractivity contribution < 1.29 is 9.21 Å². The average Bonchev–Trinajstić information content (AvgIpc) is 3.25. The van der Waals surface area contributed by atoms with Gasteiger partial charge in [-0.3, -0.25) is 4.79 Å². The second kappa shape index (κ2) is 8.46. The Morgan fingerprint density at radius 2 is 2.08 bits per heavy atom. The molecule has 1 unspecified atom stereocenters. The van der Waals surface area contributed by atoms with Crippen LogP contribution in [0, 0.1) is 6.92 Å². The highest BCUT2D eigenvalue weighted by molar-refractivity contribution is 8.00. The van der Waals surface area contributed by atoms with Crippen molar-refractivity contribution in [3.8, 4) is 0 Å². The summed E-state index contributed by atoms with van der Waals surface area (Å²) < 4.78 is 5.67. The predicted molar refractivity (Wildman–Crippen MR) is 104 cm³/mol. The van der Waals surface area contributed by atoms with E-state index in [0.29, 0.717) is 24.1 Å². The molecule has 0 saturated carbocycles. The maximum absolute atomic E-state index is 12.8. The Morgan fingerprint density at radius 1 is 1.31 bits per heavy atom. The summed E-state index contributed by atoms with van der Waals surface area (Å²) in [5.74, 6) is 0.520. The van der Waals surface area contributed by atoms with Gasteiger partial charge < -0.3 is 9.32 Å². The molecule has 2 heterocycles. The molecule has 1 atom stereocenters. The van der Waals surface area contributed by atoms with Gasteiger partial charge in [0.15, 0.2) is 0 Å². The van der Waals surface area contributed by atoms with Crippen molar-refractivity contribution in [2.45, 2.75) is 37.7 Å². The highest BCUT2D eigenvalue weighted by Gasteiger charge is 2.24. The SMILES string of the molecule is CCN(C(=O)C(C)Sc1nnc(Cc2csc(C)n2)o1)c1ccccc1. The lowest BCUT2D eigenvalue weighted by atomic mass is 10.2. The molecule has 0 aliphatic carbocycles. The van der Waals surface area contributed by atoms with Crippen LogP contribution in [0.15, 0.2) is 45.4 Å². The minimum atomic E-state index is -0.329. The topological polar surface area (TPSA) is 72.1 Å². The van der Waals surface area contributed by atoms with Crippen LogP contribution in [-0.2, 0) is 11.2 Å². The third kappa shape index (κ3) is 4.50. The summed E-state index contributed by atoms with van der Waals surface area (Å²) in [6, 6.07) is 9.64. The molecule has 0 aliphatic heterocycles. The Morgan fingerprint density at radius 3 is 2.73 bits per heavy atom. The van der Waals surface area contributed by atoms with Gasteiger partial charge in [-0.15, -0.1) is 21.5 Å². The number of carbonyl (C=O) groups is 1. The standard InChI is InChI=1S/C18H20N4O2S2/c1-4-22(15-8-6-5-7-9-15)17(23)12(2)26-18-21-20-16(24-18)10-14-11-25-13(3)19-14/h5-9,11-12H,4,10H2,1-3H3. The number of aromatic nitrogens is 3. The summed E-state index contributed by atoms with van der Waals surface area (Å²) in [6.45, 7) is 6.38. The van der Waals surface area contributed by atoms with Crippen LogP contribution in [-0.4, -0.2) is 32.9 Å². The molecule has 0 saturated heterocycles. The molecular formula is C18H20N4O2S2. The Bertz CT molecular complexity index is 863. The first kappa shape index (κ1) is 18.6. The number of para-hydroxylation sites is 1. The van der Waals surface area contributed by atoms with E-state index in [1.165, 1.54) is 11.8 Å². The summed E-state index contributed by atoms with van der Waals surface area (Å²) in [5.41, 5.74) is 1.80. The van der Waals surface area contributed by atoms with Crippen molar-refractivity contribution in [3.05, 3.63) is 52.3 Å². The zero-order valence-corrected chi connectivity index (χ0v) is 16.5. The van der Waals surface area contributed by atoms with Crippen molar-refractivity contribution in [2.75, 3.05) is 11.4 Å². The number of amides is 1. The van der Waals surface area contributed by atoms with Gasteiger partial charge in [-0.1, -0.05) is 30.0 Å². The number of benzene rings is 1. The van der Waals surface area contributed by atoms with E-state index < -0.39 is 0 Å². The van der Waals surface area contributed by atoms with Crippen molar-refractivity contribution in [3.63, 3.8) is 0 Å². The van der Waals surface area contributed by atoms with Gasteiger partial charge in [0.2, 0.25) is 11.8 Å². The molecule has 0 radical (unpaired) electrons. The van der Waals surface area contributed by atoms with E-state index in [-0.39, 0.29) is 11.2 Å². The quantitative estimate of drug-likeness (QED) is 0.571. The lowest BCUT2D eigenvalue weighted by Gasteiger charge is -2.23. The zero-order chi connectivity index (χ0) is 18.5. The molecule has 136 valence electrons. The van der Waals surface area contributed by atoms with Gasteiger partial charge in [0.25, 0.3) is 5.22 Å². The van der Waals surface area contributed by atoms with E-state index in [2.05, 4.69) is 15.2 Å². The van der Waals surface area contributed by atoms with E-state index in [1.54, 1.807) is 16.2 Å². The number of hydrogen-bond acceptors (Lipinski definition) is 7. The van der Waals surface area contributed by atoms with Gasteiger partial charge in [-0.25, -0.2) is 4.98 Å². The van der Waals surface area contributed by atoms with Crippen molar-refractivity contribution in [1.82, 2.24) is 15.2 Å². The molecule has 3 rings (SSSR count). The number of thiazole rings is 1. The number of carbonyl (C=O) groups excluding carboxylic acids is 1. The van der Waals surface area contributed by atoms with Gasteiger partial charge in [0, 0.05) is 17.6 Å². The molecule has 26 heavy (non-hydrogen) atoms. The van der Waals surface area contributed by atoms with E-state index in [1.807, 2.05) is 56.5 Å². The fourth-order valence-electron chi connectivity index (χ4n) is 2.50. The molecule has 1 amide bonds. The number of anilines is 1. The number of nitrogens with zero attached hydrogens (tertiary/aromatic N) is 4. The van der Waals surface area contributed by atoms with Gasteiger partial charge in [0.1, 0.15) is 0 Å². The molecule has 3 aromatic rings. The molecule has 0 aliphatic rings. The normalized spacial score (nSPS) is 12.1. The summed E-state index contributed by atoms with van der Waals surface area (Å²) in [6.07, 6.45) is 0.505. The monoisotopic (exact) mass is 388 g/mol. The van der Waals surface area contributed by atoms with Gasteiger partial charge in [-0.05, 0) is 32.9 Å². The number of hydrogen-bond donors (Lipinski definition) is 0. The molecule has 0 N–H and O–H groups in total. The van der Waals surface area contributed by atoms with Crippen molar-refractivity contribution in [2.24, 2.45) is 0 Å². The lowest BCUT2D eigenvalue weighted by molar-refractivity contribution is -0.117. The zero-order valence-electron chi connectivity index (χ0n) is 14.9. The Kier molecular flexibility index (Phi) is 6.05. The maximum atomic E-state index is 12.8. The summed E-state index contributed by atoms with van der Waals surface area (Å²) in [7, 11) is 0. The predicted octanol–water partition coefficient (Wildman–Crippen LogP) is 3.96. The maximum Gasteiger partial charge on any atom is 0.277 e. The number of thioether (sulfide) groups is 1. The Balaban J connectivity index is 1.63. The summed E-state index contributed by atoms with van der Waals surface area (Å²) in [5, 5.41) is 11.2.